The molecule has 102 valence electrons. The molecular weight excluding hydrogens is 228 g/mol. The highest BCUT2D eigenvalue weighted by molar-refractivity contribution is 4.86. The van der Waals surface area contributed by atoms with Crippen molar-refractivity contribution in [3.8, 4) is 0 Å². The molecule has 1 aliphatic rings. The third kappa shape index (κ3) is 3.26. The number of rotatable bonds is 6. The van der Waals surface area contributed by atoms with Gasteiger partial charge in [-0.05, 0) is 36.2 Å². The predicted octanol–water partition coefficient (Wildman–Crippen LogP) is 0.786. The van der Waals surface area contributed by atoms with Crippen molar-refractivity contribution >= 4 is 0 Å². The van der Waals surface area contributed by atoms with Crippen molar-refractivity contribution in [3.63, 3.8) is 0 Å². The second-order valence-corrected chi connectivity index (χ2v) is 5.03. The first-order chi connectivity index (χ1) is 8.85. The van der Waals surface area contributed by atoms with Crippen molar-refractivity contribution in [1.82, 2.24) is 25.1 Å². The topological polar surface area (TPSA) is 72.9 Å². The van der Waals surface area contributed by atoms with E-state index in [-0.39, 0.29) is 0 Å². The molecule has 1 saturated heterocycles. The smallest absolute Gasteiger partial charge is 0.165 e. The van der Waals surface area contributed by atoms with Crippen molar-refractivity contribution in [2.24, 2.45) is 5.73 Å². The lowest BCUT2D eigenvalue weighted by molar-refractivity contribution is 0.139. The summed E-state index contributed by atoms with van der Waals surface area (Å²) >= 11 is 0. The number of aryl methyl sites for hydroxylation is 1. The van der Waals surface area contributed by atoms with Crippen LogP contribution in [0.15, 0.2) is 0 Å². The summed E-state index contributed by atoms with van der Waals surface area (Å²) in [6.45, 7) is 5.77. The Morgan fingerprint density at radius 2 is 2.28 bits per heavy atom. The van der Waals surface area contributed by atoms with Gasteiger partial charge in [0.2, 0.25) is 0 Å². The number of piperidine rings is 1. The van der Waals surface area contributed by atoms with Crippen LogP contribution in [0.3, 0.4) is 0 Å². The molecule has 2 heterocycles. The van der Waals surface area contributed by atoms with Crippen LogP contribution in [0.4, 0.5) is 0 Å². The summed E-state index contributed by atoms with van der Waals surface area (Å²) in [5.74, 6) is 0.976. The fourth-order valence-corrected chi connectivity index (χ4v) is 2.53. The maximum absolute atomic E-state index is 5.84. The van der Waals surface area contributed by atoms with Gasteiger partial charge in [-0.25, -0.2) is 4.68 Å². The standard InChI is InChI=1S/C12H24N6/c1-2-3-8-18-12(14-15-16-18)10-17-7-5-4-6-11(17)9-13/h11H,2-10,13H2,1H3. The summed E-state index contributed by atoms with van der Waals surface area (Å²) < 4.78 is 1.94. The number of nitrogens with two attached hydrogens (primary N) is 1. The van der Waals surface area contributed by atoms with E-state index < -0.39 is 0 Å². The van der Waals surface area contributed by atoms with E-state index in [0.29, 0.717) is 6.04 Å². The van der Waals surface area contributed by atoms with E-state index in [1.54, 1.807) is 0 Å². The maximum atomic E-state index is 5.84. The minimum absolute atomic E-state index is 0.495. The molecule has 2 rings (SSSR count). The number of tetrazole rings is 1. The number of likely N-dealkylation sites (tertiary alicyclic amines) is 1. The van der Waals surface area contributed by atoms with E-state index in [2.05, 4.69) is 27.3 Å². The average molecular weight is 252 g/mol. The molecule has 1 aliphatic heterocycles. The Bertz CT molecular complexity index is 350. The summed E-state index contributed by atoms with van der Waals surface area (Å²) in [4.78, 5) is 2.43. The average Bonchev–Trinajstić information content (AvgIpc) is 2.84. The van der Waals surface area contributed by atoms with Gasteiger partial charge in [0.15, 0.2) is 5.82 Å². The quantitative estimate of drug-likeness (QED) is 0.810. The van der Waals surface area contributed by atoms with Crippen molar-refractivity contribution in [2.45, 2.75) is 58.2 Å². The Hall–Kier alpha value is -1.01. The van der Waals surface area contributed by atoms with Gasteiger partial charge in [0.05, 0.1) is 6.54 Å². The molecular formula is C12H24N6. The van der Waals surface area contributed by atoms with Gasteiger partial charge >= 0.3 is 0 Å². The van der Waals surface area contributed by atoms with E-state index in [1.165, 1.54) is 19.3 Å². The fourth-order valence-electron chi connectivity index (χ4n) is 2.53. The number of unbranched alkanes of at least 4 members (excludes halogenated alkanes) is 1. The zero-order chi connectivity index (χ0) is 12.8. The van der Waals surface area contributed by atoms with Gasteiger partial charge in [-0.2, -0.15) is 0 Å². The second kappa shape index (κ2) is 6.80. The van der Waals surface area contributed by atoms with Crippen LogP contribution in [0.25, 0.3) is 0 Å². The molecule has 1 aromatic rings. The Morgan fingerprint density at radius 3 is 3.06 bits per heavy atom. The predicted molar refractivity (Wildman–Crippen MR) is 69.8 cm³/mol. The Morgan fingerprint density at radius 1 is 1.39 bits per heavy atom. The molecule has 1 aromatic heterocycles. The highest BCUT2D eigenvalue weighted by Crippen LogP contribution is 2.18. The van der Waals surface area contributed by atoms with Gasteiger partial charge in [-0.1, -0.05) is 19.8 Å². The van der Waals surface area contributed by atoms with Crippen LogP contribution in [0.5, 0.6) is 0 Å². The third-order valence-corrected chi connectivity index (χ3v) is 3.70. The molecule has 6 heteroatoms. The molecule has 1 unspecified atom stereocenters. The molecule has 0 saturated carbocycles. The van der Waals surface area contributed by atoms with E-state index >= 15 is 0 Å². The van der Waals surface area contributed by atoms with Gasteiger partial charge in [-0.3, -0.25) is 4.90 Å². The van der Waals surface area contributed by atoms with Crippen LogP contribution in [-0.2, 0) is 13.1 Å². The van der Waals surface area contributed by atoms with Crippen molar-refractivity contribution in [3.05, 3.63) is 5.82 Å². The van der Waals surface area contributed by atoms with Crippen LogP contribution in [-0.4, -0.2) is 44.2 Å². The molecule has 0 bridgehead atoms. The normalized spacial score (nSPS) is 21.3. The Kier molecular flexibility index (Phi) is 5.07. The van der Waals surface area contributed by atoms with Gasteiger partial charge in [0, 0.05) is 19.1 Å². The highest BCUT2D eigenvalue weighted by atomic mass is 15.5. The SMILES string of the molecule is CCCCn1nnnc1CN1CCCCC1CN. The van der Waals surface area contributed by atoms with Gasteiger partial charge in [-0.15, -0.1) is 5.10 Å². The molecule has 2 N–H and O–H groups in total. The fraction of sp³-hybridized carbons (Fsp3) is 0.917. The van der Waals surface area contributed by atoms with Crippen LogP contribution in [0.2, 0.25) is 0 Å². The number of aromatic nitrogens is 4. The molecule has 1 atom stereocenters. The minimum Gasteiger partial charge on any atom is -0.329 e. The van der Waals surface area contributed by atoms with Crippen molar-refractivity contribution in [2.75, 3.05) is 13.1 Å². The maximum Gasteiger partial charge on any atom is 0.165 e. The summed E-state index contributed by atoms with van der Waals surface area (Å²) in [5.41, 5.74) is 5.84. The molecule has 18 heavy (non-hydrogen) atoms. The van der Waals surface area contributed by atoms with Gasteiger partial charge < -0.3 is 5.73 Å². The molecule has 0 aliphatic carbocycles. The van der Waals surface area contributed by atoms with Gasteiger partial charge in [0.25, 0.3) is 0 Å². The first-order valence-electron chi connectivity index (χ1n) is 7.04. The van der Waals surface area contributed by atoms with E-state index in [4.69, 9.17) is 5.73 Å². The summed E-state index contributed by atoms with van der Waals surface area (Å²) in [5, 5.41) is 12.0. The molecule has 6 nitrogen and oxygen atoms in total. The monoisotopic (exact) mass is 252 g/mol. The van der Waals surface area contributed by atoms with E-state index in [0.717, 1.165) is 44.8 Å². The zero-order valence-corrected chi connectivity index (χ0v) is 11.3. The van der Waals surface area contributed by atoms with Crippen molar-refractivity contribution in [1.29, 1.82) is 0 Å². The Labute approximate surface area is 109 Å². The molecule has 0 aromatic carbocycles. The molecule has 0 amide bonds. The lowest BCUT2D eigenvalue weighted by atomic mass is 10.0. The second-order valence-electron chi connectivity index (χ2n) is 5.03. The molecule has 0 radical (unpaired) electrons. The summed E-state index contributed by atoms with van der Waals surface area (Å²) in [6.07, 6.45) is 6.03. The largest absolute Gasteiger partial charge is 0.329 e. The van der Waals surface area contributed by atoms with Crippen LogP contribution in [0.1, 0.15) is 44.9 Å². The van der Waals surface area contributed by atoms with E-state index in [9.17, 15) is 0 Å². The van der Waals surface area contributed by atoms with Gasteiger partial charge in [0.1, 0.15) is 0 Å². The zero-order valence-electron chi connectivity index (χ0n) is 11.3. The lowest BCUT2D eigenvalue weighted by Crippen LogP contribution is -2.43. The lowest BCUT2D eigenvalue weighted by Gasteiger charge is -2.34. The highest BCUT2D eigenvalue weighted by Gasteiger charge is 2.22. The summed E-state index contributed by atoms with van der Waals surface area (Å²) in [6, 6.07) is 0.495. The number of hydrogen-bond donors (Lipinski definition) is 1. The Balaban J connectivity index is 1.96. The first-order valence-corrected chi connectivity index (χ1v) is 7.04. The molecule has 0 spiro atoms. The summed E-state index contributed by atoms with van der Waals surface area (Å²) in [7, 11) is 0. The van der Waals surface area contributed by atoms with Crippen LogP contribution >= 0.6 is 0 Å². The van der Waals surface area contributed by atoms with E-state index in [1.807, 2.05) is 4.68 Å². The molecule has 1 fully saturated rings. The first kappa shape index (κ1) is 13.4. The van der Waals surface area contributed by atoms with Crippen LogP contribution < -0.4 is 5.73 Å². The third-order valence-electron chi connectivity index (χ3n) is 3.70. The van der Waals surface area contributed by atoms with Crippen molar-refractivity contribution < 1.29 is 0 Å². The number of hydrogen-bond acceptors (Lipinski definition) is 5. The number of nitrogens with zero attached hydrogens (tertiary/aromatic N) is 5. The van der Waals surface area contributed by atoms with Crippen LogP contribution in [0, 0.1) is 0 Å². The minimum atomic E-state index is 0.495.